The molecule has 2 saturated carbocycles. The van der Waals surface area contributed by atoms with Crippen molar-refractivity contribution in [2.75, 3.05) is 11.6 Å². The second kappa shape index (κ2) is 4.33. The van der Waals surface area contributed by atoms with Gasteiger partial charge in [0.05, 0.1) is 0 Å². The third-order valence-corrected chi connectivity index (χ3v) is 4.39. The van der Waals surface area contributed by atoms with Crippen LogP contribution in [0.15, 0.2) is 29.2 Å². The highest BCUT2D eigenvalue weighted by atomic mass is 32.2. The Bertz CT molecular complexity index is 357. The zero-order valence-electron chi connectivity index (χ0n) is 9.78. The van der Waals surface area contributed by atoms with Gasteiger partial charge in [-0.15, -0.1) is 11.8 Å². The van der Waals surface area contributed by atoms with Crippen LogP contribution in [-0.2, 0) is 0 Å². The number of rotatable bonds is 5. The second-order valence-corrected chi connectivity index (χ2v) is 5.96. The third-order valence-electron chi connectivity index (χ3n) is 3.66. The maximum atomic E-state index is 3.76. The maximum Gasteiger partial charge on any atom is 0.0353 e. The SMILES string of the molecule is CSc1cccc(NC(C2CC2)C2CC2)c1. The van der Waals surface area contributed by atoms with Crippen LogP contribution in [0.4, 0.5) is 5.69 Å². The molecule has 1 nitrogen and oxygen atoms in total. The Labute approximate surface area is 102 Å². The quantitative estimate of drug-likeness (QED) is 0.771. The fraction of sp³-hybridized carbons (Fsp3) is 0.571. The molecule has 0 spiro atoms. The van der Waals surface area contributed by atoms with E-state index in [1.165, 1.54) is 36.3 Å². The number of benzene rings is 1. The van der Waals surface area contributed by atoms with Gasteiger partial charge < -0.3 is 5.32 Å². The molecule has 2 fully saturated rings. The number of nitrogens with one attached hydrogen (secondary N) is 1. The van der Waals surface area contributed by atoms with Crippen LogP contribution in [0.3, 0.4) is 0 Å². The van der Waals surface area contributed by atoms with E-state index >= 15 is 0 Å². The lowest BCUT2D eigenvalue weighted by atomic mass is 10.1. The number of anilines is 1. The van der Waals surface area contributed by atoms with Crippen LogP contribution in [-0.4, -0.2) is 12.3 Å². The molecule has 0 radical (unpaired) electrons. The fourth-order valence-electron chi connectivity index (χ4n) is 2.44. The summed E-state index contributed by atoms with van der Waals surface area (Å²) in [4.78, 5) is 1.36. The van der Waals surface area contributed by atoms with Crippen molar-refractivity contribution in [1.82, 2.24) is 0 Å². The number of hydrogen-bond acceptors (Lipinski definition) is 2. The molecule has 86 valence electrons. The average molecular weight is 233 g/mol. The van der Waals surface area contributed by atoms with Crippen molar-refractivity contribution >= 4 is 17.4 Å². The normalized spacial score (nSPS) is 20.1. The summed E-state index contributed by atoms with van der Waals surface area (Å²) in [7, 11) is 0. The predicted octanol–water partition coefficient (Wildman–Crippen LogP) is 4.01. The highest BCUT2D eigenvalue weighted by Gasteiger charge is 2.41. The highest BCUT2D eigenvalue weighted by molar-refractivity contribution is 7.98. The van der Waals surface area contributed by atoms with Gasteiger partial charge in [-0.1, -0.05) is 6.07 Å². The molecule has 2 aliphatic rings. The van der Waals surface area contributed by atoms with Gasteiger partial charge in [0, 0.05) is 16.6 Å². The first-order valence-corrected chi connectivity index (χ1v) is 7.50. The number of hydrogen-bond donors (Lipinski definition) is 1. The van der Waals surface area contributed by atoms with E-state index in [4.69, 9.17) is 0 Å². The summed E-state index contributed by atoms with van der Waals surface area (Å²) in [6.07, 6.45) is 7.90. The molecule has 0 unspecified atom stereocenters. The molecule has 1 N–H and O–H groups in total. The minimum Gasteiger partial charge on any atom is -0.382 e. The van der Waals surface area contributed by atoms with Crippen molar-refractivity contribution in [3.63, 3.8) is 0 Å². The zero-order valence-corrected chi connectivity index (χ0v) is 10.6. The van der Waals surface area contributed by atoms with Crippen molar-refractivity contribution < 1.29 is 0 Å². The van der Waals surface area contributed by atoms with Crippen molar-refractivity contribution in [2.45, 2.75) is 36.6 Å². The van der Waals surface area contributed by atoms with E-state index in [2.05, 4.69) is 35.8 Å². The summed E-state index contributed by atoms with van der Waals surface area (Å²) >= 11 is 1.82. The van der Waals surface area contributed by atoms with Crippen molar-refractivity contribution in [2.24, 2.45) is 11.8 Å². The van der Waals surface area contributed by atoms with Crippen LogP contribution in [0.1, 0.15) is 25.7 Å². The van der Waals surface area contributed by atoms with E-state index in [1.54, 1.807) is 0 Å². The molecule has 16 heavy (non-hydrogen) atoms. The Kier molecular flexibility index (Phi) is 2.84. The van der Waals surface area contributed by atoms with Crippen LogP contribution in [0, 0.1) is 11.8 Å². The molecule has 1 aromatic carbocycles. The lowest BCUT2D eigenvalue weighted by Gasteiger charge is -2.19. The molecule has 0 aliphatic heterocycles. The standard InChI is InChI=1S/C14H19NS/c1-16-13-4-2-3-12(9-13)15-14(10-5-6-10)11-7-8-11/h2-4,9-11,14-15H,5-8H2,1H3. The molecule has 0 heterocycles. The Morgan fingerprint density at radius 1 is 1.19 bits per heavy atom. The summed E-state index contributed by atoms with van der Waals surface area (Å²) in [5, 5.41) is 3.76. The average Bonchev–Trinajstić information content (AvgIpc) is 3.18. The summed E-state index contributed by atoms with van der Waals surface area (Å²) in [6, 6.07) is 9.58. The highest BCUT2D eigenvalue weighted by Crippen LogP contribution is 2.45. The van der Waals surface area contributed by atoms with Crippen molar-refractivity contribution in [1.29, 1.82) is 0 Å². The van der Waals surface area contributed by atoms with Crippen molar-refractivity contribution in [3.8, 4) is 0 Å². The Balaban J connectivity index is 1.70. The van der Waals surface area contributed by atoms with Gasteiger partial charge in [-0.2, -0.15) is 0 Å². The van der Waals surface area contributed by atoms with E-state index in [1.807, 2.05) is 11.8 Å². The monoisotopic (exact) mass is 233 g/mol. The van der Waals surface area contributed by atoms with E-state index in [0.717, 1.165) is 17.9 Å². The van der Waals surface area contributed by atoms with E-state index in [9.17, 15) is 0 Å². The largest absolute Gasteiger partial charge is 0.382 e. The molecule has 0 amide bonds. The van der Waals surface area contributed by atoms with Gasteiger partial charge in [0.2, 0.25) is 0 Å². The molecule has 2 heteroatoms. The van der Waals surface area contributed by atoms with E-state index in [0.29, 0.717) is 0 Å². The van der Waals surface area contributed by atoms with E-state index < -0.39 is 0 Å². The Morgan fingerprint density at radius 2 is 1.88 bits per heavy atom. The third kappa shape index (κ3) is 2.37. The molecule has 0 bridgehead atoms. The summed E-state index contributed by atoms with van der Waals surface area (Å²) in [5.74, 6) is 1.93. The van der Waals surface area contributed by atoms with Gasteiger partial charge >= 0.3 is 0 Å². The first-order valence-electron chi connectivity index (χ1n) is 6.27. The van der Waals surface area contributed by atoms with Gasteiger partial charge in [0.1, 0.15) is 0 Å². The molecule has 3 rings (SSSR count). The van der Waals surface area contributed by atoms with Gasteiger partial charge in [-0.3, -0.25) is 0 Å². The predicted molar refractivity (Wildman–Crippen MR) is 71.1 cm³/mol. The summed E-state index contributed by atoms with van der Waals surface area (Å²) < 4.78 is 0. The van der Waals surface area contributed by atoms with Crippen LogP contribution in [0.5, 0.6) is 0 Å². The summed E-state index contributed by atoms with van der Waals surface area (Å²) in [6.45, 7) is 0. The van der Waals surface area contributed by atoms with Crippen LogP contribution in [0.2, 0.25) is 0 Å². The van der Waals surface area contributed by atoms with Gasteiger partial charge in [-0.05, 0) is 62.0 Å². The lowest BCUT2D eigenvalue weighted by molar-refractivity contribution is 0.567. The summed E-state index contributed by atoms with van der Waals surface area (Å²) in [5.41, 5.74) is 1.32. The smallest absolute Gasteiger partial charge is 0.0353 e. The Hall–Kier alpha value is -0.630. The molecular weight excluding hydrogens is 214 g/mol. The lowest BCUT2D eigenvalue weighted by Crippen LogP contribution is -2.24. The molecule has 0 atom stereocenters. The van der Waals surface area contributed by atoms with Gasteiger partial charge in [0.15, 0.2) is 0 Å². The molecule has 0 aromatic heterocycles. The van der Waals surface area contributed by atoms with E-state index in [-0.39, 0.29) is 0 Å². The van der Waals surface area contributed by atoms with Crippen LogP contribution >= 0.6 is 11.8 Å². The molecule has 0 saturated heterocycles. The molecular formula is C14H19NS. The van der Waals surface area contributed by atoms with Crippen molar-refractivity contribution in [3.05, 3.63) is 24.3 Å². The first-order chi connectivity index (χ1) is 7.86. The number of thioether (sulfide) groups is 1. The zero-order chi connectivity index (χ0) is 11.0. The second-order valence-electron chi connectivity index (χ2n) is 5.08. The molecule has 2 aliphatic carbocycles. The van der Waals surface area contributed by atoms with Crippen LogP contribution < -0.4 is 5.32 Å². The van der Waals surface area contributed by atoms with Gasteiger partial charge in [-0.25, -0.2) is 0 Å². The topological polar surface area (TPSA) is 12.0 Å². The first kappa shape index (κ1) is 10.5. The fourth-order valence-corrected chi connectivity index (χ4v) is 2.90. The minimum absolute atomic E-state index is 0.761. The maximum absolute atomic E-state index is 3.76. The van der Waals surface area contributed by atoms with Gasteiger partial charge in [0.25, 0.3) is 0 Å². The minimum atomic E-state index is 0.761. The molecule has 1 aromatic rings. The van der Waals surface area contributed by atoms with Crippen LogP contribution in [0.25, 0.3) is 0 Å². The Morgan fingerprint density at radius 3 is 2.44 bits per heavy atom.